The van der Waals surface area contributed by atoms with Gasteiger partial charge in [0, 0.05) is 13.2 Å². The molecular formula is C15H25NO2. The summed E-state index contributed by atoms with van der Waals surface area (Å²) in [5.74, 6) is 0. The fourth-order valence-corrected chi connectivity index (χ4v) is 1.83. The Morgan fingerprint density at radius 1 is 1.17 bits per heavy atom. The zero-order valence-electron chi connectivity index (χ0n) is 11.5. The Kier molecular flexibility index (Phi) is 7.65. The molecule has 3 heteroatoms. The fourth-order valence-electron chi connectivity index (χ4n) is 1.83. The molecule has 0 saturated carbocycles. The number of hydrogen-bond acceptors (Lipinski definition) is 3. The van der Waals surface area contributed by atoms with Crippen molar-refractivity contribution in [1.29, 1.82) is 0 Å². The summed E-state index contributed by atoms with van der Waals surface area (Å²) in [6, 6.07) is 8.20. The molecule has 0 aliphatic heterocycles. The molecule has 0 bridgehead atoms. The van der Waals surface area contributed by atoms with Crippen LogP contribution in [-0.4, -0.2) is 26.4 Å². The van der Waals surface area contributed by atoms with Crippen molar-refractivity contribution in [1.82, 2.24) is 0 Å². The lowest BCUT2D eigenvalue weighted by molar-refractivity contribution is 0.00672. The number of aryl methyl sites for hydroxylation is 1. The van der Waals surface area contributed by atoms with Crippen LogP contribution in [-0.2, 0) is 9.47 Å². The van der Waals surface area contributed by atoms with E-state index in [1.807, 2.05) is 12.1 Å². The van der Waals surface area contributed by atoms with E-state index in [0.29, 0.717) is 19.8 Å². The molecule has 0 spiro atoms. The highest BCUT2D eigenvalue weighted by molar-refractivity contribution is 5.27. The van der Waals surface area contributed by atoms with E-state index >= 15 is 0 Å². The van der Waals surface area contributed by atoms with Crippen molar-refractivity contribution in [2.75, 3.05) is 26.4 Å². The van der Waals surface area contributed by atoms with Crippen molar-refractivity contribution in [3.63, 3.8) is 0 Å². The van der Waals surface area contributed by atoms with Gasteiger partial charge in [-0.25, -0.2) is 0 Å². The van der Waals surface area contributed by atoms with Gasteiger partial charge in [0.2, 0.25) is 0 Å². The van der Waals surface area contributed by atoms with E-state index in [0.717, 1.165) is 19.4 Å². The quantitative estimate of drug-likeness (QED) is 0.686. The van der Waals surface area contributed by atoms with Gasteiger partial charge < -0.3 is 15.2 Å². The third-order valence-electron chi connectivity index (χ3n) is 2.94. The van der Waals surface area contributed by atoms with E-state index in [-0.39, 0.29) is 6.10 Å². The number of nitrogens with two attached hydrogens (primary N) is 1. The molecule has 102 valence electrons. The SMILES string of the molecule is CCCCOCCOC(CN)c1ccccc1C. The van der Waals surface area contributed by atoms with Gasteiger partial charge in [0.1, 0.15) is 0 Å². The monoisotopic (exact) mass is 251 g/mol. The Hall–Kier alpha value is -0.900. The Balaban J connectivity index is 2.32. The van der Waals surface area contributed by atoms with Crippen LogP contribution < -0.4 is 5.73 Å². The van der Waals surface area contributed by atoms with E-state index in [2.05, 4.69) is 26.0 Å². The molecule has 0 radical (unpaired) electrons. The first kappa shape index (κ1) is 15.2. The largest absolute Gasteiger partial charge is 0.379 e. The maximum Gasteiger partial charge on any atom is 0.0950 e. The van der Waals surface area contributed by atoms with E-state index in [9.17, 15) is 0 Å². The van der Waals surface area contributed by atoms with Crippen LogP contribution in [0.2, 0.25) is 0 Å². The first-order chi connectivity index (χ1) is 8.79. The van der Waals surface area contributed by atoms with E-state index in [4.69, 9.17) is 15.2 Å². The van der Waals surface area contributed by atoms with Crippen LogP contribution >= 0.6 is 0 Å². The minimum absolute atomic E-state index is 0.0269. The van der Waals surface area contributed by atoms with Gasteiger partial charge in [0.05, 0.1) is 19.3 Å². The summed E-state index contributed by atoms with van der Waals surface area (Å²) in [5.41, 5.74) is 8.17. The van der Waals surface area contributed by atoms with Gasteiger partial charge in [-0.05, 0) is 24.5 Å². The lowest BCUT2D eigenvalue weighted by Crippen LogP contribution is -2.19. The summed E-state index contributed by atoms with van der Waals surface area (Å²) in [6.45, 7) is 6.79. The fraction of sp³-hybridized carbons (Fsp3) is 0.600. The van der Waals surface area contributed by atoms with Crippen molar-refractivity contribution >= 4 is 0 Å². The summed E-state index contributed by atoms with van der Waals surface area (Å²) in [6.07, 6.45) is 2.24. The topological polar surface area (TPSA) is 44.5 Å². The number of hydrogen-bond donors (Lipinski definition) is 1. The zero-order valence-corrected chi connectivity index (χ0v) is 11.5. The highest BCUT2D eigenvalue weighted by Crippen LogP contribution is 2.19. The van der Waals surface area contributed by atoms with Crippen LogP contribution in [0.4, 0.5) is 0 Å². The van der Waals surface area contributed by atoms with E-state index < -0.39 is 0 Å². The van der Waals surface area contributed by atoms with Crippen molar-refractivity contribution < 1.29 is 9.47 Å². The Bertz CT molecular complexity index is 328. The molecule has 18 heavy (non-hydrogen) atoms. The van der Waals surface area contributed by atoms with Crippen LogP contribution in [0, 0.1) is 6.92 Å². The van der Waals surface area contributed by atoms with Gasteiger partial charge in [-0.1, -0.05) is 37.6 Å². The molecule has 0 saturated heterocycles. The molecule has 1 unspecified atom stereocenters. The van der Waals surface area contributed by atoms with E-state index in [1.165, 1.54) is 11.1 Å². The highest BCUT2D eigenvalue weighted by Gasteiger charge is 2.11. The van der Waals surface area contributed by atoms with Gasteiger partial charge in [-0.15, -0.1) is 0 Å². The minimum atomic E-state index is -0.0269. The van der Waals surface area contributed by atoms with Crippen LogP contribution in [0.5, 0.6) is 0 Å². The van der Waals surface area contributed by atoms with Gasteiger partial charge in [-0.2, -0.15) is 0 Å². The molecule has 1 atom stereocenters. The van der Waals surface area contributed by atoms with Crippen LogP contribution in [0.25, 0.3) is 0 Å². The predicted molar refractivity (Wildman–Crippen MR) is 74.7 cm³/mol. The zero-order chi connectivity index (χ0) is 13.2. The van der Waals surface area contributed by atoms with Crippen molar-refractivity contribution in [3.05, 3.63) is 35.4 Å². The first-order valence-electron chi connectivity index (χ1n) is 6.74. The van der Waals surface area contributed by atoms with Crippen LogP contribution in [0.1, 0.15) is 37.0 Å². The molecular weight excluding hydrogens is 226 g/mol. The summed E-state index contributed by atoms with van der Waals surface area (Å²) >= 11 is 0. The Morgan fingerprint density at radius 3 is 2.61 bits per heavy atom. The minimum Gasteiger partial charge on any atom is -0.379 e. The molecule has 1 aromatic carbocycles. The standard InChI is InChI=1S/C15H25NO2/c1-3-4-9-17-10-11-18-15(12-16)14-8-6-5-7-13(14)2/h5-8,15H,3-4,9-12,16H2,1-2H3. The molecule has 0 fully saturated rings. The maximum atomic E-state index is 5.79. The molecule has 2 N–H and O–H groups in total. The molecule has 0 heterocycles. The van der Waals surface area contributed by atoms with Crippen LogP contribution in [0.3, 0.4) is 0 Å². The third kappa shape index (κ3) is 5.17. The molecule has 3 nitrogen and oxygen atoms in total. The summed E-state index contributed by atoms with van der Waals surface area (Å²) < 4.78 is 11.3. The maximum absolute atomic E-state index is 5.79. The number of ether oxygens (including phenoxy) is 2. The Labute approximate surface area is 110 Å². The number of benzene rings is 1. The third-order valence-corrected chi connectivity index (χ3v) is 2.94. The van der Waals surface area contributed by atoms with Gasteiger partial charge in [0.15, 0.2) is 0 Å². The molecule has 0 aromatic heterocycles. The van der Waals surface area contributed by atoms with Crippen molar-refractivity contribution in [2.45, 2.75) is 32.8 Å². The number of rotatable bonds is 9. The van der Waals surface area contributed by atoms with Gasteiger partial charge in [0.25, 0.3) is 0 Å². The second-order valence-electron chi connectivity index (χ2n) is 4.42. The molecule has 0 aliphatic rings. The predicted octanol–water partition coefficient (Wildman–Crippen LogP) is 2.83. The number of unbranched alkanes of at least 4 members (excludes halogenated alkanes) is 1. The smallest absolute Gasteiger partial charge is 0.0950 e. The van der Waals surface area contributed by atoms with Crippen molar-refractivity contribution in [3.8, 4) is 0 Å². The van der Waals surface area contributed by atoms with Gasteiger partial charge >= 0.3 is 0 Å². The lowest BCUT2D eigenvalue weighted by Gasteiger charge is -2.18. The Morgan fingerprint density at radius 2 is 1.94 bits per heavy atom. The average molecular weight is 251 g/mol. The van der Waals surface area contributed by atoms with E-state index in [1.54, 1.807) is 0 Å². The molecule has 1 rings (SSSR count). The molecule has 0 aliphatic carbocycles. The normalized spacial score (nSPS) is 12.6. The van der Waals surface area contributed by atoms with Gasteiger partial charge in [-0.3, -0.25) is 0 Å². The first-order valence-corrected chi connectivity index (χ1v) is 6.74. The molecule has 1 aromatic rings. The van der Waals surface area contributed by atoms with Crippen molar-refractivity contribution in [2.24, 2.45) is 5.73 Å². The van der Waals surface area contributed by atoms with Crippen LogP contribution in [0.15, 0.2) is 24.3 Å². The summed E-state index contributed by atoms with van der Waals surface area (Å²) in [7, 11) is 0. The molecule has 0 amide bonds. The average Bonchev–Trinajstić information content (AvgIpc) is 2.39. The summed E-state index contributed by atoms with van der Waals surface area (Å²) in [4.78, 5) is 0. The summed E-state index contributed by atoms with van der Waals surface area (Å²) in [5, 5.41) is 0. The lowest BCUT2D eigenvalue weighted by atomic mass is 10.0. The second-order valence-corrected chi connectivity index (χ2v) is 4.42. The second kappa shape index (κ2) is 9.09. The highest BCUT2D eigenvalue weighted by atomic mass is 16.5.